The van der Waals surface area contributed by atoms with E-state index in [1.54, 1.807) is 0 Å². The van der Waals surface area contributed by atoms with Gasteiger partial charge in [-0.1, -0.05) is 11.6 Å². The molecule has 0 unspecified atom stereocenters. The lowest BCUT2D eigenvalue weighted by Gasteiger charge is -2.08. The number of benzene rings is 1. The molecule has 1 aromatic carbocycles. The second-order valence-corrected chi connectivity index (χ2v) is 4.23. The molecule has 0 bridgehead atoms. The van der Waals surface area contributed by atoms with Crippen LogP contribution in [0, 0.1) is 5.95 Å². The highest BCUT2D eigenvalue weighted by atomic mass is 35.5. The van der Waals surface area contributed by atoms with Gasteiger partial charge in [-0.3, -0.25) is 4.79 Å². The minimum Gasteiger partial charge on any atom is -0.478 e. The van der Waals surface area contributed by atoms with Gasteiger partial charge in [-0.15, -0.1) is 0 Å². The van der Waals surface area contributed by atoms with E-state index in [0.29, 0.717) is 0 Å². The first kappa shape index (κ1) is 14.0. The molecule has 2 N–H and O–H groups in total. The number of nitrogens with zero attached hydrogens (tertiary/aromatic N) is 1. The Morgan fingerprint density at radius 3 is 2.60 bits per heavy atom. The molecule has 7 heteroatoms. The Balaban J connectivity index is 2.27. The van der Waals surface area contributed by atoms with Gasteiger partial charge in [-0.2, -0.15) is 4.39 Å². The number of carbonyl (C=O) groups is 2. The van der Waals surface area contributed by atoms with Crippen LogP contribution in [0.3, 0.4) is 0 Å². The highest BCUT2D eigenvalue weighted by Crippen LogP contribution is 2.23. The lowest BCUT2D eigenvalue weighted by Crippen LogP contribution is -2.13. The van der Waals surface area contributed by atoms with Crippen molar-refractivity contribution in [2.45, 2.75) is 0 Å². The van der Waals surface area contributed by atoms with Gasteiger partial charge in [-0.05, 0) is 24.3 Å². The van der Waals surface area contributed by atoms with Crippen LogP contribution in [-0.4, -0.2) is 22.0 Å². The molecule has 2 rings (SSSR count). The molecule has 0 spiro atoms. The van der Waals surface area contributed by atoms with Crippen molar-refractivity contribution >= 4 is 29.2 Å². The van der Waals surface area contributed by atoms with Crippen molar-refractivity contribution in [3.8, 4) is 0 Å². The molecule has 1 aromatic heterocycles. The summed E-state index contributed by atoms with van der Waals surface area (Å²) in [6, 6.07) is 6.18. The number of nitrogens with one attached hydrogen (secondary N) is 1. The molecular formula is C13H8ClFN2O3. The van der Waals surface area contributed by atoms with Gasteiger partial charge in [0.05, 0.1) is 16.3 Å². The smallest absolute Gasteiger partial charge is 0.335 e. The average molecular weight is 295 g/mol. The summed E-state index contributed by atoms with van der Waals surface area (Å²) in [5.74, 6) is -2.55. The van der Waals surface area contributed by atoms with Crippen molar-refractivity contribution in [1.82, 2.24) is 4.98 Å². The van der Waals surface area contributed by atoms with Crippen molar-refractivity contribution in [3.63, 3.8) is 0 Å². The van der Waals surface area contributed by atoms with E-state index >= 15 is 0 Å². The Labute approximate surface area is 118 Å². The van der Waals surface area contributed by atoms with Crippen molar-refractivity contribution in [2.24, 2.45) is 0 Å². The predicted molar refractivity (Wildman–Crippen MR) is 70.6 cm³/mol. The first-order valence-corrected chi connectivity index (χ1v) is 5.81. The number of aromatic carboxylic acids is 1. The quantitative estimate of drug-likeness (QED) is 0.853. The Morgan fingerprint density at radius 1 is 1.20 bits per heavy atom. The average Bonchev–Trinajstić information content (AvgIpc) is 2.41. The zero-order chi connectivity index (χ0) is 14.7. The number of halogens is 2. The van der Waals surface area contributed by atoms with Gasteiger partial charge in [0.2, 0.25) is 5.95 Å². The molecule has 20 heavy (non-hydrogen) atoms. The minimum atomic E-state index is -1.15. The number of anilines is 1. The number of pyridine rings is 1. The first-order chi connectivity index (χ1) is 9.47. The summed E-state index contributed by atoms with van der Waals surface area (Å²) in [7, 11) is 0. The largest absolute Gasteiger partial charge is 0.478 e. The van der Waals surface area contributed by atoms with Crippen LogP contribution in [0.2, 0.25) is 5.02 Å². The van der Waals surface area contributed by atoms with Gasteiger partial charge in [0.25, 0.3) is 5.91 Å². The standard InChI is InChI=1S/C13H8ClFN2O3/c14-9-2-1-8(13(19)20)5-10(9)17-12(18)7-3-4-16-11(15)6-7/h1-6H,(H,17,18)(H,19,20). The zero-order valence-electron chi connectivity index (χ0n) is 9.93. The van der Waals surface area contributed by atoms with Crippen LogP contribution < -0.4 is 5.32 Å². The van der Waals surface area contributed by atoms with Crippen molar-refractivity contribution < 1.29 is 19.1 Å². The lowest BCUT2D eigenvalue weighted by molar-refractivity contribution is 0.0696. The molecule has 1 heterocycles. The van der Waals surface area contributed by atoms with Crippen LogP contribution in [0.25, 0.3) is 0 Å². The third-order valence-electron chi connectivity index (χ3n) is 2.45. The molecule has 0 saturated carbocycles. The highest BCUT2D eigenvalue weighted by molar-refractivity contribution is 6.34. The molecule has 0 radical (unpaired) electrons. The maximum Gasteiger partial charge on any atom is 0.335 e. The van der Waals surface area contributed by atoms with Gasteiger partial charge in [0, 0.05) is 17.8 Å². The zero-order valence-corrected chi connectivity index (χ0v) is 10.7. The summed E-state index contributed by atoms with van der Waals surface area (Å²) in [4.78, 5) is 26.1. The van der Waals surface area contributed by atoms with Crippen LogP contribution in [0.5, 0.6) is 0 Å². The lowest BCUT2D eigenvalue weighted by atomic mass is 10.2. The van der Waals surface area contributed by atoms with Crippen LogP contribution in [0.1, 0.15) is 20.7 Å². The van der Waals surface area contributed by atoms with Crippen LogP contribution in [0.15, 0.2) is 36.5 Å². The number of carbonyl (C=O) groups excluding carboxylic acids is 1. The monoisotopic (exact) mass is 294 g/mol. The minimum absolute atomic E-state index is 0.0226. The number of hydrogen-bond acceptors (Lipinski definition) is 3. The number of carboxylic acids is 1. The van der Waals surface area contributed by atoms with Crippen molar-refractivity contribution in [2.75, 3.05) is 5.32 Å². The maximum atomic E-state index is 12.9. The van der Waals surface area contributed by atoms with Gasteiger partial charge < -0.3 is 10.4 Å². The molecule has 102 valence electrons. The molecule has 0 fully saturated rings. The first-order valence-electron chi connectivity index (χ1n) is 5.43. The Hall–Kier alpha value is -2.47. The number of carboxylic acid groups (broad SMARTS) is 1. The molecule has 5 nitrogen and oxygen atoms in total. The van der Waals surface area contributed by atoms with Gasteiger partial charge in [0.15, 0.2) is 0 Å². The van der Waals surface area contributed by atoms with E-state index in [-0.39, 0.29) is 21.8 Å². The van der Waals surface area contributed by atoms with Gasteiger partial charge in [-0.25, -0.2) is 9.78 Å². The maximum absolute atomic E-state index is 12.9. The molecule has 1 amide bonds. The summed E-state index contributed by atoms with van der Waals surface area (Å²) in [5, 5.41) is 11.5. The second kappa shape index (κ2) is 5.66. The number of rotatable bonds is 3. The van der Waals surface area contributed by atoms with E-state index in [9.17, 15) is 14.0 Å². The molecule has 2 aromatic rings. The fraction of sp³-hybridized carbons (Fsp3) is 0. The molecule has 0 aliphatic heterocycles. The molecule has 0 saturated heterocycles. The number of amides is 1. The second-order valence-electron chi connectivity index (χ2n) is 3.82. The molecular weight excluding hydrogens is 287 g/mol. The summed E-state index contributed by atoms with van der Waals surface area (Å²) < 4.78 is 12.9. The summed E-state index contributed by atoms with van der Waals surface area (Å²) in [6.07, 6.45) is 1.15. The summed E-state index contributed by atoms with van der Waals surface area (Å²) in [6.45, 7) is 0. The fourth-order valence-corrected chi connectivity index (χ4v) is 1.66. The molecule has 0 atom stereocenters. The predicted octanol–water partition coefficient (Wildman–Crippen LogP) is 2.82. The van der Waals surface area contributed by atoms with Crippen LogP contribution >= 0.6 is 11.6 Å². The normalized spacial score (nSPS) is 10.1. The Kier molecular flexibility index (Phi) is 3.95. The number of hydrogen-bond donors (Lipinski definition) is 2. The summed E-state index contributed by atoms with van der Waals surface area (Å²) >= 11 is 5.87. The third-order valence-corrected chi connectivity index (χ3v) is 2.78. The van der Waals surface area contributed by atoms with Crippen molar-refractivity contribution in [1.29, 1.82) is 0 Å². The Morgan fingerprint density at radius 2 is 1.95 bits per heavy atom. The third kappa shape index (κ3) is 3.10. The molecule has 0 aliphatic rings. The van der Waals surface area contributed by atoms with E-state index in [1.807, 2.05) is 0 Å². The van der Waals surface area contributed by atoms with E-state index < -0.39 is 17.8 Å². The fourth-order valence-electron chi connectivity index (χ4n) is 1.49. The van der Waals surface area contributed by atoms with E-state index in [1.165, 1.54) is 24.3 Å². The van der Waals surface area contributed by atoms with E-state index in [2.05, 4.69) is 10.3 Å². The topological polar surface area (TPSA) is 79.3 Å². The van der Waals surface area contributed by atoms with Gasteiger partial charge >= 0.3 is 5.97 Å². The van der Waals surface area contributed by atoms with E-state index in [4.69, 9.17) is 16.7 Å². The SMILES string of the molecule is O=C(O)c1ccc(Cl)c(NC(=O)c2ccnc(F)c2)c1. The summed E-state index contributed by atoms with van der Waals surface area (Å²) in [5.41, 5.74) is 0.161. The number of aromatic nitrogens is 1. The van der Waals surface area contributed by atoms with Gasteiger partial charge in [0.1, 0.15) is 0 Å². The molecule has 0 aliphatic carbocycles. The highest BCUT2D eigenvalue weighted by Gasteiger charge is 2.12. The van der Waals surface area contributed by atoms with Crippen LogP contribution in [-0.2, 0) is 0 Å². The van der Waals surface area contributed by atoms with Crippen molar-refractivity contribution in [3.05, 3.63) is 58.6 Å². The Bertz CT molecular complexity index is 691. The van der Waals surface area contributed by atoms with Crippen LogP contribution in [0.4, 0.5) is 10.1 Å². The van der Waals surface area contributed by atoms with E-state index in [0.717, 1.165) is 12.3 Å².